The molecular formula is C11H19N3. The molecule has 1 aliphatic heterocycles. The van der Waals surface area contributed by atoms with Gasteiger partial charge in [-0.2, -0.15) is 0 Å². The minimum absolute atomic E-state index is 0.471. The van der Waals surface area contributed by atoms with Crippen molar-refractivity contribution in [3.8, 4) is 0 Å². The first-order valence-electron chi connectivity index (χ1n) is 5.53. The summed E-state index contributed by atoms with van der Waals surface area (Å²) in [7, 11) is 0. The summed E-state index contributed by atoms with van der Waals surface area (Å²) in [6.45, 7) is 7.72. The molecule has 0 radical (unpaired) electrons. The predicted octanol–water partition coefficient (Wildman–Crippen LogP) is 2.06. The third-order valence-electron chi connectivity index (χ3n) is 2.98. The Balaban J connectivity index is 2.37. The predicted molar refractivity (Wildman–Crippen MR) is 57.4 cm³/mol. The molecule has 0 spiro atoms. The highest BCUT2D eigenvalue weighted by Gasteiger charge is 2.23. The number of hydrogen-bond acceptors (Lipinski definition) is 2. The first kappa shape index (κ1) is 9.71. The largest absolute Gasteiger partial charge is 0.332 e. The van der Waals surface area contributed by atoms with Crippen molar-refractivity contribution >= 4 is 0 Å². The molecule has 0 saturated heterocycles. The average molecular weight is 193 g/mol. The molecule has 2 heterocycles. The van der Waals surface area contributed by atoms with E-state index in [4.69, 9.17) is 0 Å². The van der Waals surface area contributed by atoms with Gasteiger partial charge in [0.2, 0.25) is 0 Å². The summed E-state index contributed by atoms with van der Waals surface area (Å²) in [4.78, 5) is 4.53. The van der Waals surface area contributed by atoms with Crippen molar-refractivity contribution in [2.24, 2.45) is 0 Å². The van der Waals surface area contributed by atoms with Gasteiger partial charge in [0.15, 0.2) is 0 Å². The van der Waals surface area contributed by atoms with Gasteiger partial charge in [-0.15, -0.1) is 0 Å². The van der Waals surface area contributed by atoms with Crippen molar-refractivity contribution in [1.29, 1.82) is 0 Å². The molecule has 1 aliphatic rings. The van der Waals surface area contributed by atoms with Crippen LogP contribution in [0.5, 0.6) is 0 Å². The van der Waals surface area contributed by atoms with Crippen LogP contribution >= 0.6 is 0 Å². The van der Waals surface area contributed by atoms with Gasteiger partial charge in [0.1, 0.15) is 0 Å². The van der Waals surface area contributed by atoms with Gasteiger partial charge in [-0.25, -0.2) is 4.98 Å². The molecule has 1 aromatic rings. The second kappa shape index (κ2) is 3.73. The Morgan fingerprint density at radius 1 is 1.64 bits per heavy atom. The summed E-state index contributed by atoms with van der Waals surface area (Å²) in [6, 6.07) is 1.00. The maximum atomic E-state index is 4.53. The fraction of sp³-hybridized carbons (Fsp3) is 0.727. The minimum atomic E-state index is 0.471. The molecule has 78 valence electrons. The number of aromatic nitrogens is 2. The first-order valence-corrected chi connectivity index (χ1v) is 5.53. The molecule has 0 aromatic carbocycles. The van der Waals surface area contributed by atoms with Crippen molar-refractivity contribution in [2.75, 3.05) is 6.54 Å². The van der Waals surface area contributed by atoms with Crippen molar-refractivity contribution in [2.45, 2.75) is 45.7 Å². The quantitative estimate of drug-likeness (QED) is 0.779. The van der Waals surface area contributed by atoms with Crippen LogP contribution in [0.3, 0.4) is 0 Å². The third-order valence-corrected chi connectivity index (χ3v) is 2.98. The molecule has 0 fully saturated rings. The van der Waals surface area contributed by atoms with Gasteiger partial charge in [0.25, 0.3) is 0 Å². The van der Waals surface area contributed by atoms with Crippen LogP contribution < -0.4 is 5.32 Å². The van der Waals surface area contributed by atoms with Crippen LogP contribution in [0.1, 0.15) is 50.7 Å². The SMILES string of the molecule is CCC1NCCc2c1ncn2C(C)C. The number of rotatable bonds is 2. The molecule has 0 bridgehead atoms. The van der Waals surface area contributed by atoms with Crippen LogP contribution in [-0.2, 0) is 6.42 Å². The van der Waals surface area contributed by atoms with E-state index in [-0.39, 0.29) is 0 Å². The van der Waals surface area contributed by atoms with E-state index in [9.17, 15) is 0 Å². The highest BCUT2D eigenvalue weighted by atomic mass is 15.1. The molecule has 0 saturated carbocycles. The van der Waals surface area contributed by atoms with Crippen molar-refractivity contribution in [3.63, 3.8) is 0 Å². The van der Waals surface area contributed by atoms with Gasteiger partial charge in [-0.1, -0.05) is 6.92 Å². The van der Waals surface area contributed by atoms with E-state index in [1.54, 1.807) is 0 Å². The molecule has 0 aliphatic carbocycles. The van der Waals surface area contributed by atoms with Crippen molar-refractivity contribution in [1.82, 2.24) is 14.9 Å². The van der Waals surface area contributed by atoms with Crippen molar-refractivity contribution in [3.05, 3.63) is 17.7 Å². The van der Waals surface area contributed by atoms with Gasteiger partial charge in [0.05, 0.1) is 18.1 Å². The Bertz CT molecular complexity index is 314. The van der Waals surface area contributed by atoms with Crippen LogP contribution in [0.25, 0.3) is 0 Å². The van der Waals surface area contributed by atoms with Gasteiger partial charge in [-0.3, -0.25) is 0 Å². The standard InChI is InChI=1S/C11H19N3/c1-4-9-11-10(5-6-12-9)14(7-13-11)8(2)3/h7-9,12H,4-6H2,1-3H3. The Morgan fingerprint density at radius 2 is 2.43 bits per heavy atom. The van der Waals surface area contributed by atoms with E-state index in [1.165, 1.54) is 11.4 Å². The summed E-state index contributed by atoms with van der Waals surface area (Å²) in [5.74, 6) is 0. The second-order valence-corrected chi connectivity index (χ2v) is 4.24. The summed E-state index contributed by atoms with van der Waals surface area (Å²) in [5.41, 5.74) is 2.71. The molecule has 3 nitrogen and oxygen atoms in total. The van der Waals surface area contributed by atoms with Crippen LogP contribution in [0.15, 0.2) is 6.33 Å². The molecule has 1 unspecified atom stereocenters. The second-order valence-electron chi connectivity index (χ2n) is 4.24. The smallest absolute Gasteiger partial charge is 0.0954 e. The molecule has 1 atom stereocenters. The number of fused-ring (bicyclic) bond motifs is 1. The summed E-state index contributed by atoms with van der Waals surface area (Å²) < 4.78 is 2.30. The number of hydrogen-bond donors (Lipinski definition) is 1. The molecule has 1 N–H and O–H groups in total. The van der Waals surface area contributed by atoms with E-state index < -0.39 is 0 Å². The maximum Gasteiger partial charge on any atom is 0.0954 e. The zero-order valence-electron chi connectivity index (χ0n) is 9.25. The van der Waals surface area contributed by atoms with E-state index in [2.05, 4.69) is 35.6 Å². The highest BCUT2D eigenvalue weighted by Crippen LogP contribution is 2.25. The lowest BCUT2D eigenvalue weighted by atomic mass is 10.0. The zero-order valence-corrected chi connectivity index (χ0v) is 9.25. The van der Waals surface area contributed by atoms with Gasteiger partial charge < -0.3 is 9.88 Å². The summed E-state index contributed by atoms with van der Waals surface area (Å²) >= 11 is 0. The fourth-order valence-corrected chi connectivity index (χ4v) is 2.19. The normalized spacial score (nSPS) is 21.3. The van der Waals surface area contributed by atoms with E-state index >= 15 is 0 Å². The molecule has 0 amide bonds. The monoisotopic (exact) mass is 193 g/mol. The Hall–Kier alpha value is -0.830. The van der Waals surface area contributed by atoms with Crippen LogP contribution in [0.4, 0.5) is 0 Å². The van der Waals surface area contributed by atoms with E-state index in [0.717, 1.165) is 19.4 Å². The molecule has 3 heteroatoms. The van der Waals surface area contributed by atoms with Gasteiger partial charge in [-0.05, 0) is 20.3 Å². The lowest BCUT2D eigenvalue weighted by Crippen LogP contribution is -2.30. The topological polar surface area (TPSA) is 29.9 Å². The highest BCUT2D eigenvalue weighted by molar-refractivity contribution is 5.21. The molecule has 1 aromatic heterocycles. The van der Waals surface area contributed by atoms with E-state index in [0.29, 0.717) is 12.1 Å². The number of nitrogens with zero attached hydrogens (tertiary/aromatic N) is 2. The van der Waals surface area contributed by atoms with Crippen LogP contribution in [-0.4, -0.2) is 16.1 Å². The van der Waals surface area contributed by atoms with Crippen LogP contribution in [0.2, 0.25) is 0 Å². The molecule has 2 rings (SSSR count). The number of imidazole rings is 1. The van der Waals surface area contributed by atoms with E-state index in [1.807, 2.05) is 6.33 Å². The van der Waals surface area contributed by atoms with Crippen molar-refractivity contribution < 1.29 is 0 Å². The lowest BCUT2D eigenvalue weighted by molar-refractivity contribution is 0.463. The Morgan fingerprint density at radius 3 is 3.07 bits per heavy atom. The third kappa shape index (κ3) is 1.46. The lowest BCUT2D eigenvalue weighted by Gasteiger charge is -2.24. The summed E-state index contributed by atoms with van der Waals surface area (Å²) in [5, 5.41) is 3.50. The van der Waals surface area contributed by atoms with Gasteiger partial charge >= 0.3 is 0 Å². The molecular weight excluding hydrogens is 174 g/mol. The maximum absolute atomic E-state index is 4.53. The number of nitrogens with one attached hydrogen (secondary N) is 1. The Labute approximate surface area is 85.5 Å². The first-order chi connectivity index (χ1) is 6.74. The minimum Gasteiger partial charge on any atom is -0.332 e. The zero-order chi connectivity index (χ0) is 10.1. The average Bonchev–Trinajstić information content (AvgIpc) is 2.60. The van der Waals surface area contributed by atoms with Gasteiger partial charge in [0, 0.05) is 24.7 Å². The molecule has 14 heavy (non-hydrogen) atoms. The summed E-state index contributed by atoms with van der Waals surface area (Å²) in [6.07, 6.45) is 4.23. The van der Waals surface area contributed by atoms with Crippen LogP contribution in [0, 0.1) is 0 Å². The Kier molecular flexibility index (Phi) is 2.59. The fourth-order valence-electron chi connectivity index (χ4n) is 2.19.